The van der Waals surface area contributed by atoms with Crippen LogP contribution in [0.4, 0.5) is 0 Å². The number of nitrogens with zero attached hydrogens (tertiary/aromatic N) is 2. The highest BCUT2D eigenvalue weighted by molar-refractivity contribution is 9.10. The zero-order valence-electron chi connectivity index (χ0n) is 20.3. The summed E-state index contributed by atoms with van der Waals surface area (Å²) in [5.41, 5.74) is 4.42. The molecule has 0 unspecified atom stereocenters. The second-order valence-corrected chi connectivity index (χ2v) is 9.42. The van der Waals surface area contributed by atoms with Crippen LogP contribution in [-0.4, -0.2) is 34.3 Å². The van der Waals surface area contributed by atoms with Gasteiger partial charge in [0.1, 0.15) is 0 Å². The van der Waals surface area contributed by atoms with Gasteiger partial charge in [-0.05, 0) is 74.7 Å². The number of aryl methyl sites for hydroxylation is 1. The molecule has 4 rings (SSSR count). The molecule has 6 nitrogen and oxygen atoms in total. The molecule has 3 aromatic carbocycles. The Morgan fingerprint density at radius 2 is 1.69 bits per heavy atom. The second kappa shape index (κ2) is 11.8. The van der Waals surface area contributed by atoms with E-state index >= 15 is 0 Å². The van der Waals surface area contributed by atoms with Crippen LogP contribution in [0.3, 0.4) is 0 Å². The number of nitrogens with one attached hydrogen (secondary N) is 1. The number of hydrogen-bond acceptors (Lipinski definition) is 4. The van der Waals surface area contributed by atoms with E-state index in [1.54, 1.807) is 29.8 Å². The molecule has 0 aliphatic rings. The molecule has 0 saturated carbocycles. The van der Waals surface area contributed by atoms with Crippen molar-refractivity contribution in [2.24, 2.45) is 0 Å². The van der Waals surface area contributed by atoms with E-state index in [1.807, 2.05) is 61.5 Å². The van der Waals surface area contributed by atoms with Crippen molar-refractivity contribution >= 4 is 27.8 Å². The van der Waals surface area contributed by atoms with E-state index in [4.69, 9.17) is 4.74 Å². The lowest BCUT2D eigenvalue weighted by Crippen LogP contribution is -2.32. The minimum Gasteiger partial charge on any atom is -0.461 e. The number of esters is 1. The van der Waals surface area contributed by atoms with Crippen LogP contribution < -0.4 is 5.32 Å². The number of carbonyl (C=O) groups is 2. The quantitative estimate of drug-likeness (QED) is 0.253. The number of benzene rings is 3. The van der Waals surface area contributed by atoms with Crippen LogP contribution in [0, 0.1) is 0 Å². The van der Waals surface area contributed by atoms with Gasteiger partial charge in [0.25, 0.3) is 5.91 Å². The van der Waals surface area contributed by atoms with Crippen LogP contribution in [0.15, 0.2) is 89.4 Å². The summed E-state index contributed by atoms with van der Waals surface area (Å²) >= 11 is 3.46. The van der Waals surface area contributed by atoms with Gasteiger partial charge < -0.3 is 10.1 Å². The highest BCUT2D eigenvalue weighted by Gasteiger charge is 2.18. The van der Waals surface area contributed by atoms with E-state index in [-0.39, 0.29) is 24.2 Å². The molecule has 1 atom stereocenters. The Balaban J connectivity index is 1.51. The van der Waals surface area contributed by atoms with Gasteiger partial charge in [0.2, 0.25) is 0 Å². The molecule has 0 bridgehead atoms. The van der Waals surface area contributed by atoms with Crippen molar-refractivity contribution in [1.82, 2.24) is 15.1 Å². The zero-order valence-corrected chi connectivity index (χ0v) is 21.9. The van der Waals surface area contributed by atoms with Gasteiger partial charge in [-0.3, -0.25) is 4.79 Å². The van der Waals surface area contributed by atoms with E-state index in [0.29, 0.717) is 5.56 Å². The van der Waals surface area contributed by atoms with Crippen molar-refractivity contribution < 1.29 is 14.3 Å². The molecule has 0 aliphatic heterocycles. The Labute approximate surface area is 219 Å². The molecule has 184 valence electrons. The van der Waals surface area contributed by atoms with Crippen LogP contribution >= 0.6 is 15.9 Å². The Morgan fingerprint density at radius 3 is 2.36 bits per heavy atom. The number of carbonyl (C=O) groups excluding carboxylic acids is 2. The van der Waals surface area contributed by atoms with Crippen LogP contribution in [-0.2, 0) is 11.2 Å². The third-order valence-electron chi connectivity index (χ3n) is 5.79. The average Bonchev–Trinajstić information content (AvgIpc) is 3.34. The largest absolute Gasteiger partial charge is 0.461 e. The normalized spacial score (nSPS) is 11.6. The van der Waals surface area contributed by atoms with Gasteiger partial charge in [-0.25, -0.2) is 9.48 Å². The molecule has 0 saturated heterocycles. The summed E-state index contributed by atoms with van der Waals surface area (Å²) in [6, 6.07) is 27.0. The summed E-state index contributed by atoms with van der Waals surface area (Å²) in [6.07, 6.45) is 1.76. The fourth-order valence-corrected chi connectivity index (χ4v) is 4.13. The first-order chi connectivity index (χ1) is 17.4. The van der Waals surface area contributed by atoms with Gasteiger partial charge >= 0.3 is 5.97 Å². The molecule has 0 fully saturated rings. The summed E-state index contributed by atoms with van der Waals surface area (Å²) in [5, 5.41) is 7.58. The summed E-state index contributed by atoms with van der Waals surface area (Å²) in [7, 11) is 0. The molecule has 4 aromatic rings. The first kappa shape index (κ1) is 25.4. The lowest BCUT2D eigenvalue weighted by atomic mass is 10.1. The Kier molecular flexibility index (Phi) is 8.33. The van der Waals surface area contributed by atoms with Gasteiger partial charge in [0.15, 0.2) is 5.69 Å². The number of amides is 1. The maximum atomic E-state index is 12.8. The van der Waals surface area contributed by atoms with E-state index in [2.05, 4.69) is 38.5 Å². The maximum absolute atomic E-state index is 12.8. The number of ether oxygens (including phenoxy) is 1. The monoisotopic (exact) mass is 545 g/mol. The number of rotatable bonds is 9. The lowest BCUT2D eigenvalue weighted by molar-refractivity contribution is 0.0518. The fraction of sp³-hybridized carbons (Fsp3) is 0.207. The topological polar surface area (TPSA) is 73.2 Å². The molecule has 1 heterocycles. The van der Waals surface area contributed by atoms with E-state index in [1.165, 1.54) is 5.56 Å². The predicted molar refractivity (Wildman–Crippen MR) is 144 cm³/mol. The SMILES string of the molecule is CCOC(=O)c1cc(-c2ccc(Br)cc2)n(-c2ccc(C(=O)N[C@H](C)CCc3ccccc3)cc2)n1. The van der Waals surface area contributed by atoms with Gasteiger partial charge in [0, 0.05) is 21.6 Å². The highest BCUT2D eigenvalue weighted by atomic mass is 79.9. The summed E-state index contributed by atoms with van der Waals surface area (Å²) < 4.78 is 7.80. The van der Waals surface area contributed by atoms with Crippen molar-refractivity contribution in [3.8, 4) is 16.9 Å². The van der Waals surface area contributed by atoms with Gasteiger partial charge in [-0.1, -0.05) is 58.4 Å². The third-order valence-corrected chi connectivity index (χ3v) is 6.32. The van der Waals surface area contributed by atoms with Crippen LogP contribution in [0.2, 0.25) is 0 Å². The van der Waals surface area contributed by atoms with Gasteiger partial charge in [-0.2, -0.15) is 5.10 Å². The Morgan fingerprint density at radius 1 is 1.00 bits per heavy atom. The third kappa shape index (κ3) is 6.29. The summed E-state index contributed by atoms with van der Waals surface area (Å²) in [4.78, 5) is 25.2. The predicted octanol–water partition coefficient (Wildman–Crippen LogP) is 6.23. The molecule has 0 radical (unpaired) electrons. The standard InChI is InChI=1S/C29H28BrN3O3/c1-3-36-29(35)26-19-27(22-11-15-24(30)16-12-22)33(32-26)25-17-13-23(14-18-25)28(34)31-20(2)9-10-21-7-5-4-6-8-21/h4-8,11-20H,3,9-10H2,1-2H3,(H,31,34)/t20-/m1/s1. The van der Waals surface area contributed by atoms with E-state index in [0.717, 1.165) is 34.3 Å². The van der Waals surface area contributed by atoms with Gasteiger partial charge in [0.05, 0.1) is 18.0 Å². The van der Waals surface area contributed by atoms with Crippen molar-refractivity contribution in [1.29, 1.82) is 0 Å². The lowest BCUT2D eigenvalue weighted by Gasteiger charge is -2.14. The minimum absolute atomic E-state index is 0.0413. The van der Waals surface area contributed by atoms with Crippen LogP contribution in [0.1, 0.15) is 46.7 Å². The number of aromatic nitrogens is 2. The molecular weight excluding hydrogens is 518 g/mol. The molecule has 1 aromatic heterocycles. The molecule has 36 heavy (non-hydrogen) atoms. The highest BCUT2D eigenvalue weighted by Crippen LogP contribution is 2.26. The molecular formula is C29H28BrN3O3. The smallest absolute Gasteiger partial charge is 0.358 e. The Hall–Kier alpha value is -3.71. The first-order valence-electron chi connectivity index (χ1n) is 11.9. The minimum atomic E-state index is -0.477. The van der Waals surface area contributed by atoms with Crippen LogP contribution in [0.5, 0.6) is 0 Å². The number of halogens is 1. The first-order valence-corrected chi connectivity index (χ1v) is 12.7. The van der Waals surface area contributed by atoms with Crippen LogP contribution in [0.25, 0.3) is 16.9 Å². The van der Waals surface area contributed by atoms with Crippen molar-refractivity contribution in [3.63, 3.8) is 0 Å². The number of hydrogen-bond donors (Lipinski definition) is 1. The molecule has 7 heteroatoms. The van der Waals surface area contributed by atoms with Crippen molar-refractivity contribution in [3.05, 3.63) is 106 Å². The fourth-order valence-electron chi connectivity index (χ4n) is 3.87. The van der Waals surface area contributed by atoms with Crippen molar-refractivity contribution in [2.45, 2.75) is 32.7 Å². The van der Waals surface area contributed by atoms with Gasteiger partial charge in [-0.15, -0.1) is 0 Å². The van der Waals surface area contributed by atoms with E-state index < -0.39 is 5.97 Å². The second-order valence-electron chi connectivity index (χ2n) is 8.50. The molecule has 1 amide bonds. The summed E-state index contributed by atoms with van der Waals surface area (Å²) in [6.45, 7) is 4.05. The summed E-state index contributed by atoms with van der Waals surface area (Å²) in [5.74, 6) is -0.599. The zero-order chi connectivity index (χ0) is 25.5. The van der Waals surface area contributed by atoms with Crippen molar-refractivity contribution in [2.75, 3.05) is 6.61 Å². The molecule has 1 N–H and O–H groups in total. The molecule has 0 spiro atoms. The molecule has 0 aliphatic carbocycles. The van der Waals surface area contributed by atoms with E-state index in [9.17, 15) is 9.59 Å². The maximum Gasteiger partial charge on any atom is 0.358 e. The average molecular weight is 546 g/mol. The Bertz CT molecular complexity index is 1320.